The summed E-state index contributed by atoms with van der Waals surface area (Å²) < 4.78 is 3.73. The summed E-state index contributed by atoms with van der Waals surface area (Å²) in [5, 5.41) is 8.19. The van der Waals surface area contributed by atoms with E-state index in [0.29, 0.717) is 22.7 Å². The van der Waals surface area contributed by atoms with Gasteiger partial charge >= 0.3 is 0 Å². The number of fused-ring (bicyclic) bond motifs is 2. The Labute approximate surface area is 178 Å². The van der Waals surface area contributed by atoms with Crippen LogP contribution in [0.3, 0.4) is 0 Å². The summed E-state index contributed by atoms with van der Waals surface area (Å²) in [6.45, 7) is 5.94. The third-order valence-electron chi connectivity index (χ3n) is 5.17. The Kier molecular flexibility index (Phi) is 4.47. The van der Waals surface area contributed by atoms with Crippen molar-refractivity contribution in [3.05, 3.63) is 72.4 Å². The first kappa shape index (κ1) is 18.9. The molecule has 0 aliphatic rings. The van der Waals surface area contributed by atoms with Gasteiger partial charge in [0.2, 0.25) is 5.78 Å². The minimum Gasteiger partial charge on any atom is -0.322 e. The molecule has 0 saturated carbocycles. The average Bonchev–Trinajstić information content (AvgIpc) is 3.37. The normalized spacial score (nSPS) is 11.5. The topological polar surface area (TPSA) is 90.0 Å². The molecule has 0 aliphatic carbocycles. The lowest BCUT2D eigenvalue weighted by atomic mass is 10.1. The molecule has 0 aliphatic heterocycles. The van der Waals surface area contributed by atoms with Gasteiger partial charge in [0.1, 0.15) is 0 Å². The largest absolute Gasteiger partial charge is 0.322 e. The summed E-state index contributed by atoms with van der Waals surface area (Å²) >= 11 is 0. The van der Waals surface area contributed by atoms with Crippen LogP contribution < -0.4 is 5.32 Å². The van der Waals surface area contributed by atoms with Crippen molar-refractivity contribution in [2.75, 3.05) is 5.32 Å². The Morgan fingerprint density at radius 3 is 2.68 bits per heavy atom. The molecule has 5 aromatic rings. The molecule has 4 aromatic heterocycles. The monoisotopic (exact) mass is 411 g/mol. The average molecular weight is 411 g/mol. The molecule has 1 N–H and O–H groups in total. The van der Waals surface area contributed by atoms with Crippen LogP contribution in [0, 0.1) is 6.92 Å². The summed E-state index contributed by atoms with van der Waals surface area (Å²) in [5.74, 6) is 0.447. The molecule has 8 nitrogen and oxygen atoms in total. The molecule has 0 unspecified atom stereocenters. The van der Waals surface area contributed by atoms with Crippen molar-refractivity contribution in [1.82, 2.24) is 29.1 Å². The predicted molar refractivity (Wildman–Crippen MR) is 119 cm³/mol. The molecule has 31 heavy (non-hydrogen) atoms. The van der Waals surface area contributed by atoms with Crippen LogP contribution in [-0.4, -0.2) is 35.0 Å². The molecule has 8 heteroatoms. The SMILES string of the molecule is Cc1nc2c(cnn2C(C)C)cc1C(=O)Nc1ccc(-c2cn3cccnc3n2)cc1. The fourth-order valence-electron chi connectivity index (χ4n) is 3.57. The van der Waals surface area contributed by atoms with Crippen molar-refractivity contribution >= 4 is 28.4 Å². The molecule has 0 saturated heterocycles. The third kappa shape index (κ3) is 3.42. The number of imidazole rings is 1. The summed E-state index contributed by atoms with van der Waals surface area (Å²) in [6.07, 6.45) is 7.30. The zero-order chi connectivity index (χ0) is 21.5. The number of rotatable bonds is 4. The van der Waals surface area contributed by atoms with Gasteiger partial charge in [0.15, 0.2) is 5.65 Å². The highest BCUT2D eigenvalue weighted by Crippen LogP contribution is 2.23. The zero-order valence-electron chi connectivity index (χ0n) is 17.4. The number of nitrogens with zero attached hydrogens (tertiary/aromatic N) is 6. The van der Waals surface area contributed by atoms with E-state index in [1.54, 1.807) is 12.4 Å². The third-order valence-corrected chi connectivity index (χ3v) is 5.17. The van der Waals surface area contributed by atoms with Crippen molar-refractivity contribution in [1.29, 1.82) is 0 Å². The molecule has 154 valence electrons. The lowest BCUT2D eigenvalue weighted by molar-refractivity contribution is 0.102. The molecular formula is C23H21N7O. The maximum absolute atomic E-state index is 12.9. The maximum atomic E-state index is 12.9. The summed E-state index contributed by atoms with van der Waals surface area (Å²) in [7, 11) is 0. The van der Waals surface area contributed by atoms with Crippen molar-refractivity contribution in [2.24, 2.45) is 0 Å². The van der Waals surface area contributed by atoms with Gasteiger partial charge in [-0.25, -0.2) is 19.6 Å². The second-order valence-corrected chi connectivity index (χ2v) is 7.70. The minimum absolute atomic E-state index is 0.200. The van der Waals surface area contributed by atoms with Gasteiger partial charge in [-0.05, 0) is 45.0 Å². The van der Waals surface area contributed by atoms with Gasteiger partial charge in [-0.1, -0.05) is 12.1 Å². The first-order valence-corrected chi connectivity index (χ1v) is 10.1. The van der Waals surface area contributed by atoms with Gasteiger partial charge in [0.05, 0.1) is 23.1 Å². The van der Waals surface area contributed by atoms with E-state index in [-0.39, 0.29) is 11.9 Å². The van der Waals surface area contributed by atoms with Crippen molar-refractivity contribution in [2.45, 2.75) is 26.8 Å². The van der Waals surface area contributed by atoms with Gasteiger partial charge < -0.3 is 5.32 Å². The number of aromatic nitrogens is 6. The Hall–Kier alpha value is -4.07. The second kappa shape index (κ2) is 7.32. The minimum atomic E-state index is -0.200. The van der Waals surface area contributed by atoms with Gasteiger partial charge in [-0.15, -0.1) is 0 Å². The van der Waals surface area contributed by atoms with E-state index < -0.39 is 0 Å². The summed E-state index contributed by atoms with van der Waals surface area (Å²) in [5.41, 5.74) is 4.46. The Morgan fingerprint density at radius 1 is 1.13 bits per heavy atom. The number of carbonyl (C=O) groups excluding carboxylic acids is 1. The molecular weight excluding hydrogens is 390 g/mol. The Bertz CT molecular complexity index is 1380. The molecule has 5 rings (SSSR count). The summed E-state index contributed by atoms with van der Waals surface area (Å²) in [6, 6.07) is 11.5. The number of amides is 1. The Morgan fingerprint density at radius 2 is 1.94 bits per heavy atom. The predicted octanol–water partition coefficient (Wildman–Crippen LogP) is 4.28. The molecule has 0 atom stereocenters. The molecule has 0 radical (unpaired) electrons. The number of benzene rings is 1. The number of pyridine rings is 1. The zero-order valence-corrected chi connectivity index (χ0v) is 17.4. The van der Waals surface area contributed by atoms with Crippen LogP contribution >= 0.6 is 0 Å². The fourth-order valence-corrected chi connectivity index (χ4v) is 3.57. The highest BCUT2D eigenvalue weighted by Gasteiger charge is 2.15. The first-order chi connectivity index (χ1) is 15.0. The lowest BCUT2D eigenvalue weighted by Gasteiger charge is -2.10. The van der Waals surface area contributed by atoms with Crippen LogP contribution in [-0.2, 0) is 0 Å². The molecule has 1 amide bonds. The summed E-state index contributed by atoms with van der Waals surface area (Å²) in [4.78, 5) is 26.3. The number of hydrogen-bond acceptors (Lipinski definition) is 5. The van der Waals surface area contributed by atoms with Crippen molar-refractivity contribution < 1.29 is 4.79 Å². The number of aryl methyl sites for hydroxylation is 1. The number of carbonyl (C=O) groups is 1. The van der Waals surface area contributed by atoms with Gasteiger partial charge in [-0.2, -0.15) is 5.10 Å². The van der Waals surface area contributed by atoms with Crippen LogP contribution in [0.5, 0.6) is 0 Å². The maximum Gasteiger partial charge on any atom is 0.257 e. The number of hydrogen-bond donors (Lipinski definition) is 1. The second-order valence-electron chi connectivity index (χ2n) is 7.70. The van der Waals surface area contributed by atoms with E-state index in [1.165, 1.54) is 0 Å². The van der Waals surface area contributed by atoms with Crippen LogP contribution in [0.4, 0.5) is 5.69 Å². The van der Waals surface area contributed by atoms with Crippen LogP contribution in [0.1, 0.15) is 35.9 Å². The van der Waals surface area contributed by atoms with E-state index in [0.717, 1.165) is 22.3 Å². The first-order valence-electron chi connectivity index (χ1n) is 10.1. The quantitative estimate of drug-likeness (QED) is 0.477. The fraction of sp³-hybridized carbons (Fsp3) is 0.174. The van der Waals surface area contributed by atoms with Crippen LogP contribution in [0.25, 0.3) is 28.1 Å². The smallest absolute Gasteiger partial charge is 0.257 e. The van der Waals surface area contributed by atoms with Crippen molar-refractivity contribution in [3.8, 4) is 11.3 Å². The highest BCUT2D eigenvalue weighted by molar-refractivity contribution is 6.06. The van der Waals surface area contributed by atoms with Gasteiger partial charge in [-0.3, -0.25) is 9.20 Å². The standard InChI is InChI=1S/C23H21N7O/c1-14(2)30-21-17(12-25-30)11-19(15(3)26-21)22(31)27-18-7-5-16(6-8-18)20-13-29-10-4-9-24-23(29)28-20/h4-14H,1-3H3,(H,27,31). The molecule has 0 fully saturated rings. The van der Waals surface area contributed by atoms with E-state index in [2.05, 4.69) is 39.2 Å². The van der Waals surface area contributed by atoms with Gasteiger partial charge in [0.25, 0.3) is 5.91 Å². The number of nitrogens with one attached hydrogen (secondary N) is 1. The molecule has 0 bridgehead atoms. The van der Waals surface area contributed by atoms with Crippen molar-refractivity contribution in [3.63, 3.8) is 0 Å². The van der Waals surface area contributed by atoms with Crippen LogP contribution in [0.15, 0.2) is 61.2 Å². The van der Waals surface area contributed by atoms with E-state index >= 15 is 0 Å². The van der Waals surface area contributed by atoms with Crippen LogP contribution in [0.2, 0.25) is 0 Å². The van der Waals surface area contributed by atoms with Gasteiger partial charge in [0, 0.05) is 41.3 Å². The molecule has 0 spiro atoms. The number of anilines is 1. The molecule has 1 aromatic carbocycles. The van der Waals surface area contributed by atoms with E-state index in [9.17, 15) is 4.79 Å². The molecule has 4 heterocycles. The Balaban J connectivity index is 1.38. The van der Waals surface area contributed by atoms with E-state index in [1.807, 2.05) is 64.8 Å². The van der Waals surface area contributed by atoms with E-state index in [4.69, 9.17) is 0 Å². The lowest BCUT2D eigenvalue weighted by Crippen LogP contribution is -2.14. The highest BCUT2D eigenvalue weighted by atomic mass is 16.1.